The van der Waals surface area contributed by atoms with Gasteiger partial charge in [0.2, 0.25) is 0 Å². The number of carbonyl (C=O) groups excluding carboxylic acids is 4. The van der Waals surface area contributed by atoms with E-state index in [1.54, 1.807) is 0 Å². The van der Waals surface area contributed by atoms with Crippen LogP contribution in [0.15, 0.2) is 0 Å². The predicted molar refractivity (Wildman–Crippen MR) is 331 cm³/mol. The van der Waals surface area contributed by atoms with Gasteiger partial charge in [-0.05, 0) is 37.5 Å². The van der Waals surface area contributed by atoms with Crippen molar-refractivity contribution < 1.29 is 80.2 Å². The second kappa shape index (κ2) is 56.6. The number of rotatable bonds is 63. The summed E-state index contributed by atoms with van der Waals surface area (Å²) >= 11 is 0. The summed E-state index contributed by atoms with van der Waals surface area (Å²) in [5.41, 5.74) is 0. The minimum Gasteiger partial charge on any atom is -0.462 e. The van der Waals surface area contributed by atoms with Gasteiger partial charge in [0.1, 0.15) is 19.3 Å². The molecule has 492 valence electrons. The molecule has 3 unspecified atom stereocenters. The molecule has 6 atom stereocenters. The second-order valence-electron chi connectivity index (χ2n) is 23.9. The van der Waals surface area contributed by atoms with E-state index in [-0.39, 0.29) is 25.7 Å². The standard InChI is InChI=1S/C64H124O17P2/c1-7-10-12-32-40-46-61(66)74-52-59(80-63(68)48-42-33-13-11-8-2)54-78-82(70,71)76-50-58(65)51-77-83(72,73)79-55-60(53-75-62(67)47-41-36-30-26-23-22-25-29-35-39-45-57(6)9-3)81-64(69)49-43-37-31-27-21-19-17-15-14-16-18-20-24-28-34-38-44-56(4)5/h56-60,65H,7-55H2,1-6H3,(H,70,71)(H,72,73)/t57?,58-,59+,60+/m0/s1. The number of aliphatic hydroxyl groups excluding tert-OH is 1. The average Bonchev–Trinajstić information content (AvgIpc) is 3.45. The van der Waals surface area contributed by atoms with Crippen molar-refractivity contribution in [1.82, 2.24) is 0 Å². The van der Waals surface area contributed by atoms with Crippen molar-refractivity contribution in [2.75, 3.05) is 39.6 Å². The molecule has 0 aromatic rings. The summed E-state index contributed by atoms with van der Waals surface area (Å²) in [5.74, 6) is -0.537. The van der Waals surface area contributed by atoms with Crippen LogP contribution in [0.4, 0.5) is 0 Å². The molecule has 0 rings (SSSR count). The van der Waals surface area contributed by atoms with Gasteiger partial charge in [0.25, 0.3) is 0 Å². The smallest absolute Gasteiger partial charge is 0.462 e. The Kier molecular flexibility index (Phi) is 55.2. The highest BCUT2D eigenvalue weighted by Gasteiger charge is 2.30. The number of carbonyl (C=O) groups is 4. The molecule has 83 heavy (non-hydrogen) atoms. The Balaban J connectivity index is 5.08. The molecule has 0 aliphatic heterocycles. The fraction of sp³-hybridized carbons (Fsp3) is 0.938. The molecular weight excluding hydrogens is 1100 g/mol. The molecule has 0 amide bonds. The first-order valence-corrected chi connectivity index (χ1v) is 36.5. The Bertz CT molecular complexity index is 1630. The molecule has 0 heterocycles. The fourth-order valence-corrected chi connectivity index (χ4v) is 11.1. The third-order valence-corrected chi connectivity index (χ3v) is 17.0. The van der Waals surface area contributed by atoms with Gasteiger partial charge in [-0.2, -0.15) is 0 Å². The van der Waals surface area contributed by atoms with Crippen LogP contribution in [0, 0.1) is 11.8 Å². The highest BCUT2D eigenvalue weighted by molar-refractivity contribution is 7.47. The van der Waals surface area contributed by atoms with E-state index in [2.05, 4.69) is 41.5 Å². The van der Waals surface area contributed by atoms with E-state index in [1.165, 1.54) is 128 Å². The zero-order valence-corrected chi connectivity index (χ0v) is 55.3. The predicted octanol–water partition coefficient (Wildman–Crippen LogP) is 17.7. The van der Waals surface area contributed by atoms with Crippen molar-refractivity contribution in [1.29, 1.82) is 0 Å². The summed E-state index contributed by atoms with van der Waals surface area (Å²) < 4.78 is 67.6. The quantitative estimate of drug-likeness (QED) is 0.0222. The molecule has 0 aliphatic carbocycles. The lowest BCUT2D eigenvalue weighted by Crippen LogP contribution is -2.30. The van der Waals surface area contributed by atoms with Crippen LogP contribution in [-0.2, 0) is 65.4 Å². The van der Waals surface area contributed by atoms with Gasteiger partial charge in [-0.1, -0.05) is 266 Å². The molecule has 0 saturated heterocycles. The number of hydrogen-bond acceptors (Lipinski definition) is 15. The lowest BCUT2D eigenvalue weighted by atomic mass is 9.99. The van der Waals surface area contributed by atoms with Gasteiger partial charge in [0, 0.05) is 25.7 Å². The largest absolute Gasteiger partial charge is 0.472 e. The Hall–Kier alpha value is -1.94. The number of unbranched alkanes of at least 4 members (excludes halogenated alkanes) is 32. The van der Waals surface area contributed by atoms with Crippen molar-refractivity contribution in [2.24, 2.45) is 11.8 Å². The highest BCUT2D eigenvalue weighted by atomic mass is 31.2. The summed E-state index contributed by atoms with van der Waals surface area (Å²) in [5, 5.41) is 10.5. The third kappa shape index (κ3) is 57.6. The SMILES string of the molecule is CCCCCCCC(=O)OC[C@H](COP(=O)(O)OC[C@H](O)COP(=O)(O)OC[C@@H](COC(=O)CCCCCCCCCCCCC(C)CC)OC(=O)CCCCCCCCCCCCCCCCCCC(C)C)OC(=O)CCCCCCC. The molecule has 0 saturated carbocycles. The maximum Gasteiger partial charge on any atom is 0.472 e. The van der Waals surface area contributed by atoms with E-state index in [4.69, 9.17) is 37.0 Å². The molecule has 17 nitrogen and oxygen atoms in total. The molecule has 3 N–H and O–H groups in total. The molecule has 0 fully saturated rings. The van der Waals surface area contributed by atoms with Crippen LogP contribution in [0.25, 0.3) is 0 Å². The maximum absolute atomic E-state index is 13.0. The molecule has 0 aromatic carbocycles. The van der Waals surface area contributed by atoms with Crippen molar-refractivity contribution in [3.63, 3.8) is 0 Å². The maximum atomic E-state index is 13.0. The number of hydrogen-bond donors (Lipinski definition) is 3. The van der Waals surface area contributed by atoms with E-state index in [1.807, 2.05) is 0 Å². The van der Waals surface area contributed by atoms with Crippen molar-refractivity contribution in [2.45, 2.75) is 336 Å². The van der Waals surface area contributed by atoms with Crippen LogP contribution >= 0.6 is 15.6 Å². The molecule has 0 aromatic heterocycles. The van der Waals surface area contributed by atoms with E-state index >= 15 is 0 Å². The molecule has 0 radical (unpaired) electrons. The Labute approximate surface area is 505 Å². The van der Waals surface area contributed by atoms with Crippen LogP contribution in [0.1, 0.15) is 318 Å². The van der Waals surface area contributed by atoms with Crippen LogP contribution in [-0.4, -0.2) is 96.7 Å². The number of phosphoric ester groups is 2. The minimum atomic E-state index is -4.94. The van der Waals surface area contributed by atoms with E-state index in [9.17, 15) is 43.2 Å². The molecule has 19 heteroatoms. The zero-order valence-electron chi connectivity index (χ0n) is 53.5. The Morgan fingerprint density at radius 3 is 0.916 bits per heavy atom. The lowest BCUT2D eigenvalue weighted by Gasteiger charge is -2.21. The van der Waals surface area contributed by atoms with Gasteiger partial charge in [-0.3, -0.25) is 37.3 Å². The van der Waals surface area contributed by atoms with E-state index in [0.717, 1.165) is 108 Å². The van der Waals surface area contributed by atoms with Crippen LogP contribution in [0.3, 0.4) is 0 Å². The first-order chi connectivity index (χ1) is 39.9. The number of phosphoric acid groups is 2. The molecule has 0 bridgehead atoms. The monoisotopic (exact) mass is 1230 g/mol. The van der Waals surface area contributed by atoms with Crippen molar-refractivity contribution >= 4 is 39.5 Å². The summed E-state index contributed by atoms with van der Waals surface area (Å²) in [6.07, 6.45) is 39.7. The fourth-order valence-electron chi connectivity index (χ4n) is 9.50. The van der Waals surface area contributed by atoms with E-state index in [0.29, 0.717) is 25.7 Å². The number of aliphatic hydroxyl groups is 1. The van der Waals surface area contributed by atoms with E-state index < -0.39 is 97.5 Å². The van der Waals surface area contributed by atoms with Gasteiger partial charge in [-0.15, -0.1) is 0 Å². The zero-order chi connectivity index (χ0) is 61.5. The molecule has 0 spiro atoms. The van der Waals surface area contributed by atoms with Crippen molar-refractivity contribution in [3.8, 4) is 0 Å². The summed E-state index contributed by atoms with van der Waals surface area (Å²) in [4.78, 5) is 71.7. The normalized spacial score (nSPS) is 14.6. The first kappa shape index (κ1) is 81.1. The highest BCUT2D eigenvalue weighted by Crippen LogP contribution is 2.45. The van der Waals surface area contributed by atoms with Crippen LogP contribution < -0.4 is 0 Å². The average molecular weight is 1230 g/mol. The van der Waals surface area contributed by atoms with Crippen molar-refractivity contribution in [3.05, 3.63) is 0 Å². The molecular formula is C64H124O17P2. The molecule has 0 aliphatic rings. The van der Waals surface area contributed by atoms with Gasteiger partial charge in [-0.25, -0.2) is 9.13 Å². The second-order valence-corrected chi connectivity index (χ2v) is 26.8. The topological polar surface area (TPSA) is 237 Å². The Morgan fingerprint density at radius 2 is 0.614 bits per heavy atom. The van der Waals surface area contributed by atoms with Crippen LogP contribution in [0.2, 0.25) is 0 Å². The Morgan fingerprint density at radius 1 is 0.349 bits per heavy atom. The summed E-state index contributed by atoms with van der Waals surface area (Å²) in [6.45, 7) is 9.37. The summed E-state index contributed by atoms with van der Waals surface area (Å²) in [7, 11) is -9.87. The number of ether oxygens (including phenoxy) is 4. The van der Waals surface area contributed by atoms with Crippen LogP contribution in [0.5, 0.6) is 0 Å². The minimum absolute atomic E-state index is 0.0987. The third-order valence-electron chi connectivity index (χ3n) is 15.1. The summed E-state index contributed by atoms with van der Waals surface area (Å²) in [6, 6.07) is 0. The van der Waals surface area contributed by atoms with Gasteiger partial charge in [0.15, 0.2) is 12.2 Å². The first-order valence-electron chi connectivity index (χ1n) is 33.5. The number of esters is 4. The lowest BCUT2D eigenvalue weighted by molar-refractivity contribution is -0.161. The van der Waals surface area contributed by atoms with Gasteiger partial charge < -0.3 is 33.8 Å². The van der Waals surface area contributed by atoms with Gasteiger partial charge in [0.05, 0.1) is 26.4 Å². The van der Waals surface area contributed by atoms with Gasteiger partial charge >= 0.3 is 39.5 Å².